The first-order chi connectivity index (χ1) is 6.79. The third kappa shape index (κ3) is 2.46. The zero-order valence-corrected chi connectivity index (χ0v) is 8.49. The van der Waals surface area contributed by atoms with Crippen molar-refractivity contribution in [2.24, 2.45) is 0 Å². The largest absolute Gasteiger partial charge is 0.428 e. The summed E-state index contributed by atoms with van der Waals surface area (Å²) in [5.74, 6) is 0.670. The van der Waals surface area contributed by atoms with Gasteiger partial charge in [-0.2, -0.15) is 0 Å². The summed E-state index contributed by atoms with van der Waals surface area (Å²) < 4.78 is 4.98. The topological polar surface area (TPSA) is 26.3 Å². The van der Waals surface area contributed by atoms with Crippen LogP contribution in [0.15, 0.2) is 35.9 Å². The van der Waals surface area contributed by atoms with Crippen LogP contribution >= 0.6 is 0 Å². The van der Waals surface area contributed by atoms with Gasteiger partial charge in [-0.3, -0.25) is 4.79 Å². The predicted octanol–water partition coefficient (Wildman–Crippen LogP) is 3.00. The van der Waals surface area contributed by atoms with E-state index in [0.29, 0.717) is 12.2 Å². The number of ether oxygens (including phenoxy) is 1. The van der Waals surface area contributed by atoms with E-state index in [1.807, 2.05) is 44.2 Å². The van der Waals surface area contributed by atoms with Crippen LogP contribution < -0.4 is 0 Å². The maximum Gasteiger partial charge on any atom is 0.298 e. The van der Waals surface area contributed by atoms with Crippen molar-refractivity contribution in [3.63, 3.8) is 0 Å². The Morgan fingerprint density at radius 3 is 2.50 bits per heavy atom. The zero-order chi connectivity index (χ0) is 10.4. The zero-order valence-electron chi connectivity index (χ0n) is 8.49. The Morgan fingerprint density at radius 2 is 2.00 bits per heavy atom. The molecule has 0 aromatic heterocycles. The summed E-state index contributed by atoms with van der Waals surface area (Å²) >= 11 is 0. The van der Waals surface area contributed by atoms with Crippen molar-refractivity contribution in [1.29, 1.82) is 0 Å². The molecule has 1 rings (SSSR count). The summed E-state index contributed by atoms with van der Waals surface area (Å²) in [6.07, 6.45) is 0.873. The molecule has 0 atom stereocenters. The molecular formula is C12H14O2. The van der Waals surface area contributed by atoms with Crippen LogP contribution in [-0.4, -0.2) is 6.47 Å². The van der Waals surface area contributed by atoms with Crippen LogP contribution in [0.25, 0.3) is 5.76 Å². The first-order valence-corrected chi connectivity index (χ1v) is 4.65. The van der Waals surface area contributed by atoms with Crippen molar-refractivity contribution in [3.8, 4) is 0 Å². The van der Waals surface area contributed by atoms with E-state index < -0.39 is 0 Å². The average Bonchev–Trinajstić information content (AvgIpc) is 2.26. The average molecular weight is 190 g/mol. The molecule has 14 heavy (non-hydrogen) atoms. The van der Waals surface area contributed by atoms with Gasteiger partial charge in [0.1, 0.15) is 5.76 Å². The van der Waals surface area contributed by atoms with Crippen molar-refractivity contribution in [1.82, 2.24) is 0 Å². The van der Waals surface area contributed by atoms with Crippen LogP contribution in [-0.2, 0) is 9.53 Å². The Labute approximate surface area is 84.2 Å². The molecule has 0 aliphatic rings. The van der Waals surface area contributed by atoms with Crippen LogP contribution in [0.3, 0.4) is 0 Å². The van der Waals surface area contributed by atoms with E-state index >= 15 is 0 Å². The summed E-state index contributed by atoms with van der Waals surface area (Å²) in [6.45, 7) is 4.47. The van der Waals surface area contributed by atoms with Gasteiger partial charge < -0.3 is 4.74 Å². The van der Waals surface area contributed by atoms with Gasteiger partial charge in [-0.25, -0.2) is 0 Å². The van der Waals surface area contributed by atoms with E-state index in [1.54, 1.807) is 0 Å². The van der Waals surface area contributed by atoms with Crippen molar-refractivity contribution in [2.45, 2.75) is 20.3 Å². The number of rotatable bonds is 4. The number of benzene rings is 1. The molecule has 74 valence electrons. The lowest BCUT2D eigenvalue weighted by Gasteiger charge is -2.08. The number of carbonyl (C=O) groups is 1. The molecule has 0 saturated heterocycles. The predicted molar refractivity (Wildman–Crippen MR) is 56.5 cm³/mol. The Balaban J connectivity index is 3.07. The molecular weight excluding hydrogens is 176 g/mol. The van der Waals surface area contributed by atoms with Crippen molar-refractivity contribution >= 4 is 12.2 Å². The second kappa shape index (κ2) is 5.22. The lowest BCUT2D eigenvalue weighted by atomic mass is 10.1. The van der Waals surface area contributed by atoms with Gasteiger partial charge in [0.15, 0.2) is 0 Å². The second-order valence-electron chi connectivity index (χ2n) is 3.04. The van der Waals surface area contributed by atoms with Gasteiger partial charge in [0.05, 0.1) is 0 Å². The first-order valence-electron chi connectivity index (χ1n) is 4.65. The van der Waals surface area contributed by atoms with E-state index in [4.69, 9.17) is 4.74 Å². The number of carbonyl (C=O) groups excluding carboxylic acids is 1. The van der Waals surface area contributed by atoms with Crippen LogP contribution in [0.5, 0.6) is 0 Å². The highest BCUT2D eigenvalue weighted by Gasteiger charge is 2.05. The van der Waals surface area contributed by atoms with Gasteiger partial charge in [0.25, 0.3) is 6.47 Å². The second-order valence-corrected chi connectivity index (χ2v) is 3.04. The summed E-state index contributed by atoms with van der Waals surface area (Å²) in [5.41, 5.74) is 2.02. The minimum atomic E-state index is 0.474. The van der Waals surface area contributed by atoms with E-state index in [-0.39, 0.29) is 0 Å². The Morgan fingerprint density at radius 1 is 1.36 bits per heavy atom. The molecule has 2 heteroatoms. The lowest BCUT2D eigenvalue weighted by molar-refractivity contribution is -0.122. The molecule has 0 spiro atoms. The number of hydrogen-bond donors (Lipinski definition) is 0. The molecule has 0 radical (unpaired) electrons. The fourth-order valence-corrected chi connectivity index (χ4v) is 1.21. The van der Waals surface area contributed by atoms with Crippen LogP contribution in [0, 0.1) is 0 Å². The number of hydrogen-bond acceptors (Lipinski definition) is 2. The quantitative estimate of drug-likeness (QED) is 0.539. The van der Waals surface area contributed by atoms with Crippen LogP contribution in [0.2, 0.25) is 0 Å². The summed E-state index contributed by atoms with van der Waals surface area (Å²) in [6, 6.07) is 9.64. The summed E-state index contributed by atoms with van der Waals surface area (Å²) in [5, 5.41) is 0. The highest BCUT2D eigenvalue weighted by Crippen LogP contribution is 2.20. The van der Waals surface area contributed by atoms with Crippen molar-refractivity contribution < 1.29 is 9.53 Å². The standard InChI is InChI=1S/C12H14O2/c1-3-10(2)12(14-9-13)11-7-5-4-6-8-11/h4-9H,3H2,1-2H3/b12-10+. The molecule has 1 aromatic rings. The van der Waals surface area contributed by atoms with E-state index in [9.17, 15) is 4.79 Å². The third-order valence-electron chi connectivity index (χ3n) is 2.12. The van der Waals surface area contributed by atoms with Gasteiger partial charge in [-0.05, 0) is 18.9 Å². The Hall–Kier alpha value is -1.57. The normalized spacial score (nSPS) is 11.9. The smallest absolute Gasteiger partial charge is 0.298 e. The molecule has 0 heterocycles. The summed E-state index contributed by atoms with van der Waals surface area (Å²) in [4.78, 5) is 10.4. The number of allylic oxidation sites excluding steroid dienone is 1. The van der Waals surface area contributed by atoms with Gasteiger partial charge >= 0.3 is 0 Å². The maximum atomic E-state index is 10.4. The monoisotopic (exact) mass is 190 g/mol. The maximum absolute atomic E-state index is 10.4. The molecule has 2 nitrogen and oxygen atoms in total. The Kier molecular flexibility index (Phi) is 3.92. The lowest BCUT2D eigenvalue weighted by Crippen LogP contribution is -1.93. The fourth-order valence-electron chi connectivity index (χ4n) is 1.21. The molecule has 1 aromatic carbocycles. The van der Waals surface area contributed by atoms with Crippen LogP contribution in [0.4, 0.5) is 0 Å². The molecule has 0 saturated carbocycles. The highest BCUT2D eigenvalue weighted by molar-refractivity contribution is 5.68. The van der Waals surface area contributed by atoms with Crippen LogP contribution in [0.1, 0.15) is 25.8 Å². The molecule has 0 aliphatic carbocycles. The van der Waals surface area contributed by atoms with E-state index in [2.05, 4.69) is 0 Å². The third-order valence-corrected chi connectivity index (χ3v) is 2.12. The van der Waals surface area contributed by atoms with Gasteiger partial charge in [0.2, 0.25) is 0 Å². The van der Waals surface area contributed by atoms with Gasteiger partial charge in [0, 0.05) is 5.56 Å². The summed E-state index contributed by atoms with van der Waals surface area (Å²) in [7, 11) is 0. The molecule has 0 N–H and O–H groups in total. The molecule has 0 unspecified atom stereocenters. The van der Waals surface area contributed by atoms with Gasteiger partial charge in [-0.1, -0.05) is 37.3 Å². The Bertz CT molecular complexity index is 325. The van der Waals surface area contributed by atoms with E-state index in [1.165, 1.54) is 0 Å². The van der Waals surface area contributed by atoms with E-state index in [0.717, 1.165) is 17.6 Å². The van der Waals surface area contributed by atoms with Crippen molar-refractivity contribution in [2.75, 3.05) is 0 Å². The molecule has 0 bridgehead atoms. The molecule has 0 aliphatic heterocycles. The highest BCUT2D eigenvalue weighted by atomic mass is 16.5. The van der Waals surface area contributed by atoms with Crippen molar-refractivity contribution in [3.05, 3.63) is 41.5 Å². The SMILES string of the molecule is CC/C(C)=C(/OC=O)c1ccccc1. The fraction of sp³-hybridized carbons (Fsp3) is 0.250. The molecule has 0 fully saturated rings. The minimum absolute atomic E-state index is 0.474. The van der Waals surface area contributed by atoms with Gasteiger partial charge in [-0.15, -0.1) is 0 Å². The molecule has 0 amide bonds. The first kappa shape index (κ1) is 10.5. The minimum Gasteiger partial charge on any atom is -0.428 e.